The fourth-order valence-corrected chi connectivity index (χ4v) is 4.23. The number of guanidine groups is 1. The molecule has 0 bridgehead atoms. The summed E-state index contributed by atoms with van der Waals surface area (Å²) in [6.45, 7) is 6.40. The number of likely N-dealkylation sites (tertiary alicyclic amines) is 1. The van der Waals surface area contributed by atoms with Crippen molar-refractivity contribution in [1.82, 2.24) is 30.1 Å². The molecule has 9 heteroatoms. The van der Waals surface area contributed by atoms with Gasteiger partial charge in [0.2, 0.25) is 0 Å². The minimum Gasteiger partial charge on any atom is -0.496 e. The second-order valence-corrected chi connectivity index (χ2v) is 8.07. The average molecular weight is 575 g/mol. The highest BCUT2D eigenvalue weighted by Crippen LogP contribution is 2.31. The van der Waals surface area contributed by atoms with Crippen molar-refractivity contribution < 1.29 is 4.74 Å². The van der Waals surface area contributed by atoms with Crippen molar-refractivity contribution in [2.24, 2.45) is 4.99 Å². The third-order valence-corrected chi connectivity index (χ3v) is 5.89. The van der Waals surface area contributed by atoms with Crippen LogP contribution < -0.4 is 15.4 Å². The minimum absolute atomic E-state index is 0. The Morgan fingerprint density at radius 3 is 2.71 bits per heavy atom. The van der Waals surface area contributed by atoms with Crippen molar-refractivity contribution in [1.29, 1.82) is 0 Å². The third kappa shape index (κ3) is 6.69. The fourth-order valence-electron chi connectivity index (χ4n) is 4.23. The summed E-state index contributed by atoms with van der Waals surface area (Å²) in [6.07, 6.45) is 9.67. The molecule has 0 saturated carbocycles. The first kappa shape index (κ1) is 26.0. The lowest BCUT2D eigenvalue weighted by Crippen LogP contribution is -2.42. The van der Waals surface area contributed by atoms with E-state index in [1.807, 2.05) is 41.2 Å². The molecule has 3 heterocycles. The third-order valence-electron chi connectivity index (χ3n) is 5.89. The second kappa shape index (κ2) is 13.3. The van der Waals surface area contributed by atoms with Crippen molar-refractivity contribution in [2.75, 3.05) is 33.3 Å². The molecule has 1 fully saturated rings. The lowest BCUT2D eigenvalue weighted by molar-refractivity contribution is 0.239. The van der Waals surface area contributed by atoms with Crippen LogP contribution in [0.25, 0.3) is 5.82 Å². The highest BCUT2D eigenvalue weighted by Gasteiger charge is 2.26. The number of para-hydroxylation sites is 1. The van der Waals surface area contributed by atoms with Crippen LogP contribution in [0.2, 0.25) is 0 Å². The highest BCUT2D eigenvalue weighted by molar-refractivity contribution is 14.0. The number of aliphatic imine (C=N–C) groups is 1. The molecule has 34 heavy (non-hydrogen) atoms. The molecule has 4 rings (SSSR count). The van der Waals surface area contributed by atoms with Gasteiger partial charge in [0.1, 0.15) is 17.9 Å². The van der Waals surface area contributed by atoms with Crippen LogP contribution in [0.4, 0.5) is 0 Å². The zero-order chi connectivity index (χ0) is 22.9. The van der Waals surface area contributed by atoms with Crippen LogP contribution in [0.3, 0.4) is 0 Å². The van der Waals surface area contributed by atoms with Crippen LogP contribution in [-0.4, -0.2) is 58.7 Å². The van der Waals surface area contributed by atoms with E-state index in [9.17, 15) is 0 Å². The molecular formula is C25H34IN7O. The molecule has 1 saturated heterocycles. The number of methoxy groups -OCH3 is 1. The molecular weight excluding hydrogens is 541 g/mol. The topological polar surface area (TPSA) is 79.6 Å². The molecule has 1 unspecified atom stereocenters. The summed E-state index contributed by atoms with van der Waals surface area (Å²) in [4.78, 5) is 15.9. The lowest BCUT2D eigenvalue weighted by Gasteiger charge is -2.30. The number of nitrogens with zero attached hydrogens (tertiary/aromatic N) is 5. The largest absolute Gasteiger partial charge is 0.496 e. The van der Waals surface area contributed by atoms with E-state index in [1.165, 1.54) is 18.4 Å². The summed E-state index contributed by atoms with van der Waals surface area (Å²) in [5.74, 6) is 2.57. The predicted molar refractivity (Wildman–Crippen MR) is 146 cm³/mol. The smallest absolute Gasteiger partial charge is 0.191 e. The van der Waals surface area contributed by atoms with Crippen LogP contribution >= 0.6 is 24.0 Å². The van der Waals surface area contributed by atoms with Crippen molar-refractivity contribution in [3.63, 3.8) is 0 Å². The van der Waals surface area contributed by atoms with Gasteiger partial charge in [0.05, 0.1) is 19.7 Å². The summed E-state index contributed by atoms with van der Waals surface area (Å²) >= 11 is 0. The molecule has 2 aromatic heterocycles. The first-order valence-corrected chi connectivity index (χ1v) is 11.6. The van der Waals surface area contributed by atoms with Crippen LogP contribution in [0.15, 0.2) is 66.3 Å². The molecule has 1 aromatic carbocycles. The number of ether oxygens (including phenoxy) is 1. The Bertz CT molecular complexity index is 1040. The Labute approximate surface area is 218 Å². The lowest BCUT2D eigenvalue weighted by atomic mass is 10.0. The van der Waals surface area contributed by atoms with E-state index in [-0.39, 0.29) is 30.0 Å². The van der Waals surface area contributed by atoms with Gasteiger partial charge in [0, 0.05) is 37.2 Å². The van der Waals surface area contributed by atoms with Gasteiger partial charge in [-0.05, 0) is 56.6 Å². The molecule has 1 atom stereocenters. The number of imidazole rings is 1. The Hall–Kier alpha value is -2.66. The summed E-state index contributed by atoms with van der Waals surface area (Å²) in [7, 11) is 1.74. The zero-order valence-electron chi connectivity index (χ0n) is 19.9. The van der Waals surface area contributed by atoms with E-state index >= 15 is 0 Å². The van der Waals surface area contributed by atoms with Crippen molar-refractivity contribution in [3.05, 3.63) is 72.4 Å². The zero-order valence-corrected chi connectivity index (χ0v) is 22.2. The van der Waals surface area contributed by atoms with Crippen molar-refractivity contribution in [3.8, 4) is 11.6 Å². The first-order valence-electron chi connectivity index (χ1n) is 11.6. The molecule has 0 spiro atoms. The van der Waals surface area contributed by atoms with E-state index in [4.69, 9.17) is 9.73 Å². The number of hydrogen-bond donors (Lipinski definition) is 2. The number of nitrogens with one attached hydrogen (secondary N) is 2. The maximum absolute atomic E-state index is 5.67. The summed E-state index contributed by atoms with van der Waals surface area (Å²) in [5, 5.41) is 6.95. The van der Waals surface area contributed by atoms with Gasteiger partial charge in [0.15, 0.2) is 5.96 Å². The van der Waals surface area contributed by atoms with Gasteiger partial charge in [-0.3, -0.25) is 9.47 Å². The van der Waals surface area contributed by atoms with Crippen LogP contribution in [0, 0.1) is 0 Å². The van der Waals surface area contributed by atoms with E-state index in [1.54, 1.807) is 19.6 Å². The van der Waals surface area contributed by atoms with Crippen LogP contribution in [0.1, 0.15) is 36.9 Å². The standard InChI is InChI=1S/C25H33N7O.HI/c1-3-27-25(29-17-20-10-11-28-24(16-20)32-15-12-26-19-32)30-18-22(31-13-6-7-14-31)21-8-4-5-9-23(21)33-2;/h4-5,8-12,15-16,19,22H,3,6-7,13-14,17-18H2,1-2H3,(H2,27,29,30);1H. The number of aromatic nitrogens is 3. The van der Waals surface area contributed by atoms with Crippen molar-refractivity contribution in [2.45, 2.75) is 32.4 Å². The SMILES string of the molecule is CCNC(=NCc1ccnc(-n2ccnc2)c1)NCC(c1ccccc1OC)N1CCCC1.I. The number of benzene rings is 1. The monoisotopic (exact) mass is 575 g/mol. The average Bonchev–Trinajstić information content (AvgIpc) is 3.58. The first-order chi connectivity index (χ1) is 16.3. The van der Waals surface area contributed by atoms with Gasteiger partial charge in [-0.2, -0.15) is 0 Å². The van der Waals surface area contributed by atoms with E-state index in [0.717, 1.165) is 49.3 Å². The quantitative estimate of drug-likeness (QED) is 0.230. The van der Waals surface area contributed by atoms with Gasteiger partial charge in [0.25, 0.3) is 0 Å². The number of hydrogen-bond acceptors (Lipinski definition) is 5. The fraction of sp³-hybridized carbons (Fsp3) is 0.400. The molecule has 0 radical (unpaired) electrons. The molecule has 1 aliphatic heterocycles. The molecule has 182 valence electrons. The van der Waals surface area contributed by atoms with Gasteiger partial charge < -0.3 is 15.4 Å². The van der Waals surface area contributed by atoms with Crippen molar-refractivity contribution >= 4 is 29.9 Å². The van der Waals surface area contributed by atoms with Gasteiger partial charge >= 0.3 is 0 Å². The Morgan fingerprint density at radius 2 is 1.97 bits per heavy atom. The van der Waals surface area contributed by atoms with Gasteiger partial charge in [-0.15, -0.1) is 24.0 Å². The Kier molecular flexibility index (Phi) is 10.1. The molecule has 3 aromatic rings. The number of rotatable bonds is 9. The van der Waals surface area contributed by atoms with E-state index < -0.39 is 0 Å². The molecule has 8 nitrogen and oxygen atoms in total. The Morgan fingerprint density at radius 1 is 1.15 bits per heavy atom. The van der Waals surface area contributed by atoms with Gasteiger partial charge in [-0.1, -0.05) is 18.2 Å². The number of pyridine rings is 1. The van der Waals surface area contributed by atoms with Crippen LogP contribution in [-0.2, 0) is 6.54 Å². The second-order valence-electron chi connectivity index (χ2n) is 8.07. The minimum atomic E-state index is 0. The van der Waals surface area contributed by atoms with E-state index in [2.05, 4.69) is 44.6 Å². The number of halogens is 1. The highest BCUT2D eigenvalue weighted by atomic mass is 127. The summed E-state index contributed by atoms with van der Waals surface area (Å²) in [5.41, 5.74) is 2.30. The van der Waals surface area contributed by atoms with Crippen LogP contribution in [0.5, 0.6) is 5.75 Å². The molecule has 1 aliphatic rings. The maximum Gasteiger partial charge on any atom is 0.191 e. The summed E-state index contributed by atoms with van der Waals surface area (Å²) in [6, 6.07) is 12.6. The Balaban J connectivity index is 0.00000324. The van der Waals surface area contributed by atoms with Gasteiger partial charge in [-0.25, -0.2) is 15.0 Å². The van der Waals surface area contributed by atoms with E-state index in [0.29, 0.717) is 6.54 Å². The molecule has 2 N–H and O–H groups in total. The predicted octanol–water partition coefficient (Wildman–Crippen LogP) is 3.79. The molecule has 0 amide bonds. The molecule has 0 aliphatic carbocycles. The summed E-state index contributed by atoms with van der Waals surface area (Å²) < 4.78 is 7.57. The normalized spacial score (nSPS) is 14.9. The maximum atomic E-state index is 5.67.